The Morgan fingerprint density at radius 3 is 2.40 bits per heavy atom. The molecule has 25 heavy (non-hydrogen) atoms. The first-order valence-electron chi connectivity index (χ1n) is 8.02. The van der Waals surface area contributed by atoms with Gasteiger partial charge in [-0.05, 0) is 51.0 Å². The highest BCUT2D eigenvalue weighted by Crippen LogP contribution is 2.24. The first kappa shape index (κ1) is 20.4. The van der Waals surface area contributed by atoms with Crippen molar-refractivity contribution in [1.82, 2.24) is 0 Å². The normalized spacial score (nSPS) is 12.5. The van der Waals surface area contributed by atoms with Crippen molar-refractivity contribution in [3.63, 3.8) is 0 Å². The zero-order chi connectivity index (χ0) is 19.0. The van der Waals surface area contributed by atoms with E-state index >= 15 is 0 Å². The van der Waals surface area contributed by atoms with Crippen LogP contribution in [0.5, 0.6) is 0 Å². The van der Waals surface area contributed by atoms with Crippen LogP contribution in [0.3, 0.4) is 0 Å². The van der Waals surface area contributed by atoms with Gasteiger partial charge in [-0.1, -0.05) is 30.8 Å². The summed E-state index contributed by atoms with van der Waals surface area (Å²) < 4.78 is 10.2. The lowest BCUT2D eigenvalue weighted by Crippen LogP contribution is -2.24. The molecular formula is C20H24O5. The number of benzene rings is 1. The molecule has 0 heterocycles. The van der Waals surface area contributed by atoms with E-state index in [1.807, 2.05) is 0 Å². The topological polar surface area (TPSA) is 69.7 Å². The van der Waals surface area contributed by atoms with Gasteiger partial charge in [0.1, 0.15) is 11.5 Å². The van der Waals surface area contributed by atoms with Crippen molar-refractivity contribution in [3.05, 3.63) is 54.1 Å². The van der Waals surface area contributed by atoms with E-state index < -0.39 is 29.2 Å². The molecule has 0 bridgehead atoms. The van der Waals surface area contributed by atoms with Gasteiger partial charge in [0.05, 0.1) is 6.61 Å². The fourth-order valence-corrected chi connectivity index (χ4v) is 2.16. The maximum Gasteiger partial charge on any atom is 0.331 e. The van der Waals surface area contributed by atoms with Crippen molar-refractivity contribution in [2.24, 2.45) is 0 Å². The fourth-order valence-electron chi connectivity index (χ4n) is 2.16. The van der Waals surface area contributed by atoms with Crippen LogP contribution in [0.25, 0.3) is 6.08 Å². The average molecular weight is 344 g/mol. The van der Waals surface area contributed by atoms with Crippen LogP contribution in [0.1, 0.15) is 44.7 Å². The summed E-state index contributed by atoms with van der Waals surface area (Å²) in [4.78, 5) is 36.2. The van der Waals surface area contributed by atoms with Crippen LogP contribution in [0, 0.1) is 0 Å². The maximum atomic E-state index is 12.2. The summed E-state index contributed by atoms with van der Waals surface area (Å²) in [6.45, 7) is 10.6. The minimum absolute atomic E-state index is 0.162. The Morgan fingerprint density at radius 1 is 1.20 bits per heavy atom. The number of carbonyl (C=O) groups is 3. The molecule has 5 nitrogen and oxygen atoms in total. The Bertz CT molecular complexity index is 680. The zero-order valence-electron chi connectivity index (χ0n) is 15.1. The Hall–Kier alpha value is -2.69. The number of rotatable bonds is 7. The Kier molecular flexibility index (Phi) is 7.30. The number of ketones is 1. The van der Waals surface area contributed by atoms with Gasteiger partial charge in [0.25, 0.3) is 0 Å². The van der Waals surface area contributed by atoms with Gasteiger partial charge in [-0.3, -0.25) is 9.59 Å². The van der Waals surface area contributed by atoms with Crippen molar-refractivity contribution >= 4 is 23.8 Å². The van der Waals surface area contributed by atoms with Gasteiger partial charge in [-0.15, -0.1) is 0 Å². The van der Waals surface area contributed by atoms with E-state index in [2.05, 4.69) is 6.58 Å². The number of esters is 2. The van der Waals surface area contributed by atoms with Crippen LogP contribution >= 0.6 is 0 Å². The number of allylic oxidation sites excluding steroid dienone is 1. The van der Waals surface area contributed by atoms with E-state index in [1.165, 1.54) is 12.2 Å². The van der Waals surface area contributed by atoms with Gasteiger partial charge in [-0.25, -0.2) is 4.79 Å². The molecule has 0 aromatic heterocycles. The van der Waals surface area contributed by atoms with Crippen LogP contribution in [0.2, 0.25) is 0 Å². The highest BCUT2D eigenvalue weighted by Gasteiger charge is 2.29. The summed E-state index contributed by atoms with van der Waals surface area (Å²) in [5.41, 5.74) is 0.403. The smallest absolute Gasteiger partial charge is 0.331 e. The largest absolute Gasteiger partial charge is 0.465 e. The minimum Gasteiger partial charge on any atom is -0.465 e. The minimum atomic E-state index is -1.11. The first-order valence-corrected chi connectivity index (χ1v) is 8.02. The monoisotopic (exact) mass is 344 g/mol. The molecule has 1 atom stereocenters. The quantitative estimate of drug-likeness (QED) is 0.430. The predicted molar refractivity (Wildman–Crippen MR) is 95.9 cm³/mol. The van der Waals surface area contributed by atoms with Crippen LogP contribution < -0.4 is 0 Å². The molecule has 1 aromatic carbocycles. The number of hydrogen-bond acceptors (Lipinski definition) is 5. The van der Waals surface area contributed by atoms with Crippen molar-refractivity contribution in [1.29, 1.82) is 0 Å². The Balaban J connectivity index is 3.19. The molecule has 0 saturated heterocycles. The third kappa shape index (κ3) is 6.37. The van der Waals surface area contributed by atoms with Gasteiger partial charge in [0.15, 0.2) is 5.78 Å². The Labute approximate surface area is 148 Å². The molecule has 0 fully saturated rings. The number of carbonyl (C=O) groups excluding carboxylic acids is 3. The van der Waals surface area contributed by atoms with Crippen molar-refractivity contribution < 1.29 is 23.9 Å². The molecule has 0 saturated carbocycles. The summed E-state index contributed by atoms with van der Waals surface area (Å²) in [6, 6.07) is 6.82. The molecule has 0 amide bonds. The standard InChI is InChI=1S/C20H24O5/c1-6-16(21)18(19(23)24-7-2)15-11-9-8-10-14(15)12-13-17(22)25-20(3,4)5/h6,8-13,18H,1,7H2,2-5H3. The molecule has 0 N–H and O–H groups in total. The van der Waals surface area contributed by atoms with Crippen LogP contribution in [0.15, 0.2) is 43.0 Å². The van der Waals surface area contributed by atoms with Gasteiger partial charge in [0.2, 0.25) is 0 Å². The molecule has 0 aliphatic carbocycles. The second-order valence-corrected chi connectivity index (χ2v) is 6.29. The summed E-state index contributed by atoms with van der Waals surface area (Å²) >= 11 is 0. The summed E-state index contributed by atoms with van der Waals surface area (Å²) in [6.07, 6.45) is 3.88. The van der Waals surface area contributed by atoms with Gasteiger partial charge in [-0.2, -0.15) is 0 Å². The van der Waals surface area contributed by atoms with Gasteiger partial charge < -0.3 is 9.47 Å². The van der Waals surface area contributed by atoms with Gasteiger partial charge in [0, 0.05) is 6.08 Å². The summed E-state index contributed by atoms with van der Waals surface area (Å²) in [5.74, 6) is -2.73. The predicted octanol–water partition coefficient (Wildman–Crippen LogP) is 3.44. The van der Waals surface area contributed by atoms with Crippen molar-refractivity contribution in [2.45, 2.75) is 39.2 Å². The molecule has 1 unspecified atom stereocenters. The lowest BCUT2D eigenvalue weighted by Gasteiger charge is -2.18. The highest BCUT2D eigenvalue weighted by atomic mass is 16.6. The Morgan fingerprint density at radius 2 is 1.84 bits per heavy atom. The van der Waals surface area contributed by atoms with E-state index in [-0.39, 0.29) is 6.61 Å². The second-order valence-electron chi connectivity index (χ2n) is 6.29. The molecule has 1 aromatic rings. The number of ether oxygens (including phenoxy) is 2. The van der Waals surface area contributed by atoms with Gasteiger partial charge >= 0.3 is 11.9 Å². The van der Waals surface area contributed by atoms with E-state index in [9.17, 15) is 14.4 Å². The van der Waals surface area contributed by atoms with Crippen LogP contribution in [0.4, 0.5) is 0 Å². The van der Waals surface area contributed by atoms with Crippen LogP contribution in [-0.4, -0.2) is 29.9 Å². The maximum absolute atomic E-state index is 12.2. The average Bonchev–Trinajstić information content (AvgIpc) is 2.52. The lowest BCUT2D eigenvalue weighted by atomic mass is 9.90. The van der Waals surface area contributed by atoms with E-state index in [0.717, 1.165) is 6.08 Å². The second kappa shape index (κ2) is 8.97. The first-order chi connectivity index (χ1) is 11.7. The molecule has 5 heteroatoms. The van der Waals surface area contributed by atoms with Crippen molar-refractivity contribution in [3.8, 4) is 0 Å². The van der Waals surface area contributed by atoms with Crippen molar-refractivity contribution in [2.75, 3.05) is 6.61 Å². The summed E-state index contributed by atoms with van der Waals surface area (Å²) in [7, 11) is 0. The zero-order valence-corrected chi connectivity index (χ0v) is 15.1. The molecular weight excluding hydrogens is 320 g/mol. The fraction of sp³-hybridized carbons (Fsp3) is 0.350. The van der Waals surface area contributed by atoms with E-state index in [0.29, 0.717) is 11.1 Å². The molecule has 0 radical (unpaired) electrons. The summed E-state index contributed by atoms with van der Waals surface area (Å²) in [5, 5.41) is 0. The molecule has 134 valence electrons. The third-order valence-corrected chi connectivity index (χ3v) is 3.12. The lowest BCUT2D eigenvalue weighted by molar-refractivity contribution is -0.149. The third-order valence-electron chi connectivity index (χ3n) is 3.12. The molecule has 0 aliphatic heterocycles. The molecule has 0 spiro atoms. The highest BCUT2D eigenvalue weighted by molar-refractivity contribution is 6.10. The molecule has 0 aliphatic rings. The van der Waals surface area contributed by atoms with E-state index in [4.69, 9.17) is 9.47 Å². The number of hydrogen-bond donors (Lipinski definition) is 0. The van der Waals surface area contributed by atoms with Crippen LogP contribution in [-0.2, 0) is 23.9 Å². The molecule has 1 rings (SSSR count). The van der Waals surface area contributed by atoms with E-state index in [1.54, 1.807) is 52.0 Å². The SMILES string of the molecule is C=CC(=O)C(C(=O)OCC)c1ccccc1C=CC(=O)OC(C)(C)C.